The molecular weight excluding hydrogens is 379 g/mol. The molecule has 1 aliphatic rings. The molecule has 1 saturated heterocycles. The van der Waals surface area contributed by atoms with Crippen molar-refractivity contribution in [1.82, 2.24) is 4.90 Å². The predicted molar refractivity (Wildman–Crippen MR) is 115 cm³/mol. The van der Waals surface area contributed by atoms with Crippen LogP contribution in [0, 0.1) is 12.7 Å². The minimum absolute atomic E-state index is 0. The SMILES string of the molecule is Cc1cc(OCCN2CCN(c3ccc(F)cc3)CC2)c(C(C)C)cc1O.Cl. The van der Waals surface area contributed by atoms with E-state index in [1.807, 2.05) is 31.2 Å². The van der Waals surface area contributed by atoms with Crippen LogP contribution in [0.5, 0.6) is 11.5 Å². The number of aryl methyl sites for hydroxylation is 1. The Morgan fingerprint density at radius 2 is 1.71 bits per heavy atom. The van der Waals surface area contributed by atoms with Gasteiger partial charge < -0.3 is 14.7 Å². The number of phenolic OH excluding ortho intramolecular Hbond substituents is 1. The first kappa shape index (κ1) is 22.3. The van der Waals surface area contributed by atoms with Gasteiger partial charge in [0, 0.05) is 44.0 Å². The highest BCUT2D eigenvalue weighted by molar-refractivity contribution is 5.85. The number of hydrogen-bond acceptors (Lipinski definition) is 4. The predicted octanol–water partition coefficient (Wildman–Crippen LogP) is 4.59. The average Bonchev–Trinajstić information content (AvgIpc) is 2.65. The Kier molecular flexibility index (Phi) is 7.96. The molecule has 0 atom stereocenters. The fourth-order valence-electron chi connectivity index (χ4n) is 3.43. The van der Waals surface area contributed by atoms with E-state index in [2.05, 4.69) is 23.6 Å². The molecule has 0 bridgehead atoms. The molecule has 4 nitrogen and oxygen atoms in total. The van der Waals surface area contributed by atoms with Crippen LogP contribution in [0.25, 0.3) is 0 Å². The molecule has 0 saturated carbocycles. The number of anilines is 1. The number of benzene rings is 2. The maximum Gasteiger partial charge on any atom is 0.123 e. The third-order valence-corrected chi connectivity index (χ3v) is 5.18. The number of rotatable bonds is 6. The summed E-state index contributed by atoms with van der Waals surface area (Å²) >= 11 is 0. The van der Waals surface area contributed by atoms with Crippen molar-refractivity contribution in [2.75, 3.05) is 44.2 Å². The summed E-state index contributed by atoms with van der Waals surface area (Å²) in [5.74, 6) is 1.29. The quantitative estimate of drug-likeness (QED) is 0.758. The summed E-state index contributed by atoms with van der Waals surface area (Å²) in [7, 11) is 0. The van der Waals surface area contributed by atoms with E-state index in [9.17, 15) is 9.50 Å². The molecule has 2 aromatic carbocycles. The fourth-order valence-corrected chi connectivity index (χ4v) is 3.43. The Labute approximate surface area is 173 Å². The summed E-state index contributed by atoms with van der Waals surface area (Å²) in [6.45, 7) is 11.4. The van der Waals surface area contributed by atoms with Crippen LogP contribution in [0.1, 0.15) is 30.9 Å². The van der Waals surface area contributed by atoms with Crippen LogP contribution in [0.2, 0.25) is 0 Å². The Hall–Kier alpha value is -1.98. The number of hydrogen-bond donors (Lipinski definition) is 1. The molecule has 0 amide bonds. The topological polar surface area (TPSA) is 35.9 Å². The Balaban J connectivity index is 0.00000280. The maximum atomic E-state index is 13.1. The number of ether oxygens (including phenoxy) is 1. The molecule has 1 aliphatic heterocycles. The lowest BCUT2D eigenvalue weighted by Gasteiger charge is -2.36. The molecule has 2 aromatic rings. The lowest BCUT2D eigenvalue weighted by atomic mass is 10.00. The number of piperazine rings is 1. The number of nitrogens with zero attached hydrogens (tertiary/aromatic N) is 2. The van der Waals surface area contributed by atoms with Crippen LogP contribution < -0.4 is 9.64 Å². The molecule has 0 radical (unpaired) electrons. The number of aromatic hydroxyl groups is 1. The smallest absolute Gasteiger partial charge is 0.123 e. The Morgan fingerprint density at radius 3 is 2.32 bits per heavy atom. The van der Waals surface area contributed by atoms with Gasteiger partial charge in [0.1, 0.15) is 23.9 Å². The van der Waals surface area contributed by atoms with Crippen LogP contribution in [0.3, 0.4) is 0 Å². The van der Waals surface area contributed by atoms with E-state index >= 15 is 0 Å². The van der Waals surface area contributed by atoms with Crippen molar-refractivity contribution in [2.24, 2.45) is 0 Å². The zero-order valence-corrected chi connectivity index (χ0v) is 17.6. The van der Waals surface area contributed by atoms with Gasteiger partial charge in [0.15, 0.2) is 0 Å². The molecule has 6 heteroatoms. The molecular formula is C22H30ClFN2O2. The minimum Gasteiger partial charge on any atom is -0.508 e. The van der Waals surface area contributed by atoms with Gasteiger partial charge in [-0.25, -0.2) is 4.39 Å². The zero-order chi connectivity index (χ0) is 19.4. The highest BCUT2D eigenvalue weighted by atomic mass is 35.5. The second-order valence-corrected chi connectivity index (χ2v) is 7.48. The normalized spacial score (nSPS) is 14.8. The second kappa shape index (κ2) is 9.99. The molecule has 0 aliphatic carbocycles. The van der Waals surface area contributed by atoms with E-state index in [4.69, 9.17) is 4.74 Å². The van der Waals surface area contributed by atoms with Gasteiger partial charge in [-0.15, -0.1) is 12.4 Å². The van der Waals surface area contributed by atoms with Crippen LogP contribution in [0.4, 0.5) is 10.1 Å². The molecule has 0 spiro atoms. The molecule has 0 unspecified atom stereocenters. The summed E-state index contributed by atoms with van der Waals surface area (Å²) in [5, 5.41) is 9.95. The summed E-state index contributed by atoms with van der Waals surface area (Å²) in [6.07, 6.45) is 0. The van der Waals surface area contributed by atoms with Gasteiger partial charge in [-0.3, -0.25) is 4.90 Å². The molecule has 3 rings (SSSR count). The monoisotopic (exact) mass is 408 g/mol. The third kappa shape index (κ3) is 5.52. The maximum absolute atomic E-state index is 13.1. The van der Waals surface area contributed by atoms with E-state index in [-0.39, 0.29) is 18.2 Å². The number of phenols is 1. The van der Waals surface area contributed by atoms with Gasteiger partial charge in [-0.2, -0.15) is 0 Å². The van der Waals surface area contributed by atoms with E-state index in [1.54, 1.807) is 0 Å². The lowest BCUT2D eigenvalue weighted by molar-refractivity contribution is 0.199. The summed E-state index contributed by atoms with van der Waals surface area (Å²) in [5.41, 5.74) is 2.95. The van der Waals surface area contributed by atoms with Gasteiger partial charge in [-0.1, -0.05) is 13.8 Å². The molecule has 1 heterocycles. The molecule has 28 heavy (non-hydrogen) atoms. The molecule has 154 valence electrons. The largest absolute Gasteiger partial charge is 0.508 e. The van der Waals surface area contributed by atoms with Crippen molar-refractivity contribution in [3.8, 4) is 11.5 Å². The van der Waals surface area contributed by atoms with Crippen LogP contribution in [-0.2, 0) is 0 Å². The van der Waals surface area contributed by atoms with Gasteiger partial charge >= 0.3 is 0 Å². The van der Waals surface area contributed by atoms with Gasteiger partial charge in [0.25, 0.3) is 0 Å². The lowest BCUT2D eigenvalue weighted by Crippen LogP contribution is -2.47. The second-order valence-electron chi connectivity index (χ2n) is 7.48. The summed E-state index contributed by atoms with van der Waals surface area (Å²) in [4.78, 5) is 4.68. The first-order valence-electron chi connectivity index (χ1n) is 9.63. The van der Waals surface area contributed by atoms with E-state index in [0.717, 1.165) is 55.3 Å². The molecule has 1 N–H and O–H groups in total. The molecule has 0 aromatic heterocycles. The van der Waals surface area contributed by atoms with Crippen LogP contribution in [0.15, 0.2) is 36.4 Å². The highest BCUT2D eigenvalue weighted by Gasteiger charge is 2.18. The highest BCUT2D eigenvalue weighted by Crippen LogP contribution is 2.32. The Bertz CT molecular complexity index is 760. The first-order chi connectivity index (χ1) is 12.9. The van der Waals surface area contributed by atoms with Crippen molar-refractivity contribution < 1.29 is 14.2 Å². The summed E-state index contributed by atoms with van der Waals surface area (Å²) in [6, 6.07) is 10.5. The van der Waals surface area contributed by atoms with Crippen LogP contribution >= 0.6 is 12.4 Å². The van der Waals surface area contributed by atoms with Gasteiger partial charge in [0.2, 0.25) is 0 Å². The summed E-state index contributed by atoms with van der Waals surface area (Å²) < 4.78 is 19.1. The van der Waals surface area contributed by atoms with E-state index in [0.29, 0.717) is 18.3 Å². The van der Waals surface area contributed by atoms with Crippen LogP contribution in [-0.4, -0.2) is 49.3 Å². The Morgan fingerprint density at radius 1 is 1.07 bits per heavy atom. The fraction of sp³-hybridized carbons (Fsp3) is 0.455. The zero-order valence-electron chi connectivity index (χ0n) is 16.8. The van der Waals surface area contributed by atoms with Crippen molar-refractivity contribution in [3.05, 3.63) is 53.3 Å². The number of halogens is 2. The van der Waals surface area contributed by atoms with E-state index < -0.39 is 0 Å². The van der Waals surface area contributed by atoms with Crippen molar-refractivity contribution in [2.45, 2.75) is 26.7 Å². The van der Waals surface area contributed by atoms with Crippen molar-refractivity contribution >= 4 is 18.1 Å². The van der Waals surface area contributed by atoms with Crippen molar-refractivity contribution in [3.63, 3.8) is 0 Å². The standard InChI is InChI=1S/C22H29FN2O2.ClH/c1-16(2)20-15-21(26)17(3)14-22(20)27-13-12-24-8-10-25(11-9-24)19-6-4-18(23)5-7-19;/h4-7,14-16,26H,8-13H2,1-3H3;1H. The molecule has 1 fully saturated rings. The van der Waals surface area contributed by atoms with E-state index in [1.165, 1.54) is 12.1 Å². The van der Waals surface area contributed by atoms with Crippen molar-refractivity contribution in [1.29, 1.82) is 0 Å². The third-order valence-electron chi connectivity index (χ3n) is 5.18. The first-order valence-corrected chi connectivity index (χ1v) is 9.63. The average molecular weight is 409 g/mol. The minimum atomic E-state index is -0.195. The van der Waals surface area contributed by atoms with Gasteiger partial charge in [-0.05, 0) is 54.8 Å². The van der Waals surface area contributed by atoms with Gasteiger partial charge in [0.05, 0.1) is 0 Å².